The van der Waals surface area contributed by atoms with Gasteiger partial charge >= 0.3 is 0 Å². The number of rotatable bonds is 48. The van der Waals surface area contributed by atoms with Crippen LogP contribution in [0.3, 0.4) is 0 Å². The standard InChI is InChI=1S/C48H90O15.C29H52O4.B3/c1-5-6-38(2)41-7-8-42-46-43(37-45(48(41,42)4)63-34-32-61-30-28-59-26-24-57-22-20-55-18-16-53-14-12-50)47(3)10-9-40(51)35-39(47)36-44(46)62-33-31-60-29-27-58-25-23-56-21-19-54-17-15-52-13-11-49;1-6-7-20(3)22-8-9-23-27-24(18-26(29(22,23)5)33-15-13-31)28(4)11-10-19(2)16-21(28)17-25(27)32-14-12-30;1-3-2/h38-46,49-51H,5-37H2,1-4H3;19-27,30-31H,6-18H2,1-5H3;/t38-,39+,40-,41-,42+,43+,44-,45+,46+,47+,48-;19-,20-,21+,22-,23+,24+,25-,26+,27+,28+,29-;/m11./s1. The van der Waals surface area contributed by atoms with Gasteiger partial charge in [-0.2, -0.15) is 0 Å². The minimum atomic E-state index is -0.236. The quantitative estimate of drug-likeness (QED) is 0.0282. The SMILES string of the molecule is CCC[C@@H](C)[C@H]1CC[C@H]2[C@@H]3[C@H](OCCO)C[C@@H]4C[C@H](C)CC[C@]4(C)[C@H]3C[C@H](OCCO)[C@]12C.CCC[C@@H](C)[C@H]1CC[C@H]2[C@@H]3[C@H](OCCOCCOCCOCCOCCOCCO)C[C@@H]4C[C@H](O)CC[C@]4(C)[C@H]3C[C@H](OCCOCCOCCOCCOCCOCCO)[C@]12C.[B][B][B]. The Kier molecular flexibility index (Phi) is 41.7. The fourth-order valence-corrected chi connectivity index (χ4v) is 21.6. The van der Waals surface area contributed by atoms with Gasteiger partial charge in [0.15, 0.2) is 0 Å². The molecule has 0 unspecified atom stereocenters. The van der Waals surface area contributed by atoms with Gasteiger partial charge in [0, 0.05) is 33.4 Å². The number of aliphatic hydroxyl groups excluding tert-OH is 5. The molecule has 0 aromatic heterocycles. The lowest BCUT2D eigenvalue weighted by Gasteiger charge is -2.64. The maximum absolute atomic E-state index is 10.9. The van der Waals surface area contributed by atoms with Crippen molar-refractivity contribution < 1.29 is 91.8 Å². The van der Waals surface area contributed by atoms with Gasteiger partial charge in [0.1, 0.15) is 0 Å². The van der Waals surface area contributed by atoms with Crippen molar-refractivity contribution in [3.63, 3.8) is 0 Å². The summed E-state index contributed by atoms with van der Waals surface area (Å²) in [7, 11) is 10.0. The topological polar surface area (TPSA) is 230 Å². The molecule has 0 bridgehead atoms. The number of hydrogen-bond donors (Lipinski definition) is 5. The molecule has 0 aromatic carbocycles. The fourth-order valence-electron chi connectivity index (χ4n) is 21.6. The normalized spacial score (nSPS) is 35.8. The van der Waals surface area contributed by atoms with Crippen molar-refractivity contribution in [2.45, 2.75) is 208 Å². The molecule has 8 saturated carbocycles. The van der Waals surface area contributed by atoms with Gasteiger partial charge in [0.2, 0.25) is 0 Å². The number of aliphatic hydroxyl groups is 5. The Labute approximate surface area is 603 Å². The van der Waals surface area contributed by atoms with Gasteiger partial charge in [0.25, 0.3) is 0 Å². The molecule has 22 heteroatoms. The van der Waals surface area contributed by atoms with Crippen molar-refractivity contribution >= 4 is 22.5 Å². The van der Waals surface area contributed by atoms with Crippen molar-refractivity contribution in [2.75, 3.05) is 185 Å². The molecule has 8 rings (SSSR count). The summed E-state index contributed by atoms with van der Waals surface area (Å²) < 4.78 is 82.9. The first-order valence-electron chi connectivity index (χ1n) is 39.6. The average Bonchev–Trinajstić information content (AvgIpc) is 1.69. The van der Waals surface area contributed by atoms with Crippen LogP contribution in [-0.2, 0) is 66.3 Å². The minimum Gasteiger partial charge on any atom is -0.394 e. The van der Waals surface area contributed by atoms with E-state index in [0.717, 1.165) is 51.5 Å². The largest absolute Gasteiger partial charge is 0.394 e. The summed E-state index contributed by atoms with van der Waals surface area (Å²) in [6, 6.07) is 0. The van der Waals surface area contributed by atoms with E-state index < -0.39 is 0 Å². The van der Waals surface area contributed by atoms with E-state index >= 15 is 0 Å². The Balaban J connectivity index is 0.000000357. The molecule has 0 heterocycles. The highest BCUT2D eigenvalue weighted by atomic mass is 16.6. The van der Waals surface area contributed by atoms with E-state index in [0.29, 0.717) is 235 Å². The van der Waals surface area contributed by atoms with Gasteiger partial charge in [-0.25, -0.2) is 0 Å². The van der Waals surface area contributed by atoms with Crippen LogP contribution in [0.5, 0.6) is 0 Å². The number of hydrogen-bond acceptors (Lipinski definition) is 19. The van der Waals surface area contributed by atoms with Gasteiger partial charge in [-0.3, -0.25) is 0 Å². The summed E-state index contributed by atoms with van der Waals surface area (Å²) in [5.41, 5.74) is 0.722. The predicted octanol–water partition coefficient (Wildman–Crippen LogP) is 9.13. The Morgan fingerprint density at radius 2 is 0.697 bits per heavy atom. The van der Waals surface area contributed by atoms with Gasteiger partial charge in [-0.05, 0) is 171 Å². The van der Waals surface area contributed by atoms with E-state index in [1.807, 2.05) is 0 Å². The Bertz CT molecular complexity index is 2070. The van der Waals surface area contributed by atoms with Gasteiger partial charge in [0.05, 0.1) is 216 Å². The van der Waals surface area contributed by atoms with Gasteiger partial charge in [-0.1, -0.05) is 94.4 Å². The molecule has 0 saturated heterocycles. The molecule has 5 radical (unpaired) electrons. The van der Waals surface area contributed by atoms with Crippen LogP contribution in [-0.4, -0.2) is 264 Å². The van der Waals surface area contributed by atoms with Crippen LogP contribution >= 0.6 is 0 Å². The molecule has 8 aliphatic rings. The number of fused-ring (bicyclic) bond motifs is 10. The van der Waals surface area contributed by atoms with Crippen LogP contribution < -0.4 is 0 Å². The second kappa shape index (κ2) is 47.3. The molecule has 0 aromatic rings. The molecular formula is C77H142B3O19. The van der Waals surface area contributed by atoms with Crippen molar-refractivity contribution in [1.82, 2.24) is 0 Å². The summed E-state index contributed by atoms with van der Waals surface area (Å²) in [6.07, 6.45) is 21.7. The van der Waals surface area contributed by atoms with Crippen molar-refractivity contribution in [3.8, 4) is 0 Å². The molecule has 8 fully saturated rings. The summed E-state index contributed by atoms with van der Waals surface area (Å²) in [5, 5.41) is 47.6. The Morgan fingerprint density at radius 1 is 0.384 bits per heavy atom. The summed E-state index contributed by atoms with van der Waals surface area (Å²) in [4.78, 5) is 0. The summed E-state index contributed by atoms with van der Waals surface area (Å²) in [5.74, 6) is 7.83. The fraction of sp³-hybridized carbons (Fsp3) is 1.00. The van der Waals surface area contributed by atoms with Crippen LogP contribution in [0.4, 0.5) is 0 Å². The molecular weight excluding hydrogens is 1260 g/mol. The molecule has 19 nitrogen and oxygen atoms in total. The molecule has 0 amide bonds. The van der Waals surface area contributed by atoms with Crippen LogP contribution in [0.15, 0.2) is 0 Å². The molecule has 0 spiro atoms. The lowest BCUT2D eigenvalue weighted by molar-refractivity contribution is -0.228. The first-order valence-corrected chi connectivity index (χ1v) is 39.6. The van der Waals surface area contributed by atoms with Crippen LogP contribution in [0.1, 0.15) is 178 Å². The van der Waals surface area contributed by atoms with Gasteiger partial charge < -0.3 is 91.8 Å². The summed E-state index contributed by atoms with van der Waals surface area (Å²) in [6.45, 7) is 34.2. The second-order valence-corrected chi connectivity index (χ2v) is 31.6. The van der Waals surface area contributed by atoms with E-state index in [1.54, 1.807) is 0 Å². The predicted molar refractivity (Wildman–Crippen MR) is 388 cm³/mol. The Morgan fingerprint density at radius 3 is 1.07 bits per heavy atom. The van der Waals surface area contributed by atoms with Gasteiger partial charge in [-0.15, -0.1) is 0 Å². The maximum Gasteiger partial charge on any atom is 0.0704 e. The first-order chi connectivity index (χ1) is 48.0. The van der Waals surface area contributed by atoms with Crippen LogP contribution in [0.2, 0.25) is 0 Å². The van der Waals surface area contributed by atoms with E-state index in [-0.39, 0.29) is 73.2 Å². The van der Waals surface area contributed by atoms with E-state index in [1.165, 1.54) is 77.0 Å². The van der Waals surface area contributed by atoms with Crippen molar-refractivity contribution in [3.05, 3.63) is 0 Å². The third-order valence-corrected chi connectivity index (χ3v) is 26.1. The smallest absolute Gasteiger partial charge is 0.0704 e. The van der Waals surface area contributed by atoms with E-state index in [9.17, 15) is 15.3 Å². The van der Waals surface area contributed by atoms with Crippen molar-refractivity contribution in [2.24, 2.45) is 98.6 Å². The minimum absolute atomic E-state index is 0.0210. The van der Waals surface area contributed by atoms with Crippen LogP contribution in [0, 0.1) is 98.6 Å². The lowest BCUT2D eigenvalue weighted by atomic mass is 9.40. The Hall–Kier alpha value is -0.565. The highest BCUT2D eigenvalue weighted by Gasteiger charge is 2.68. The zero-order valence-corrected chi connectivity index (χ0v) is 63.6. The van der Waals surface area contributed by atoms with Crippen LogP contribution in [0.25, 0.3) is 0 Å². The highest BCUT2D eigenvalue weighted by molar-refractivity contribution is 7.17. The van der Waals surface area contributed by atoms with E-state index in [2.05, 4.69) is 77.8 Å². The zero-order chi connectivity index (χ0) is 71.5. The molecule has 99 heavy (non-hydrogen) atoms. The molecule has 8 aliphatic carbocycles. The monoisotopic (exact) mass is 1400 g/mol. The number of ether oxygens (including phenoxy) is 14. The summed E-state index contributed by atoms with van der Waals surface area (Å²) >= 11 is 0. The second-order valence-electron chi connectivity index (χ2n) is 31.6. The van der Waals surface area contributed by atoms with E-state index in [4.69, 9.17) is 76.5 Å². The molecule has 573 valence electrons. The lowest BCUT2D eigenvalue weighted by Crippen LogP contribution is -2.63. The zero-order valence-electron chi connectivity index (χ0n) is 63.6. The third kappa shape index (κ3) is 24.7. The molecule has 22 atom stereocenters. The molecule has 0 aliphatic heterocycles. The third-order valence-electron chi connectivity index (χ3n) is 26.1. The van der Waals surface area contributed by atoms with Crippen molar-refractivity contribution in [1.29, 1.82) is 0 Å². The molecule has 5 N–H and O–H groups in total. The maximum atomic E-state index is 10.9. The highest BCUT2D eigenvalue weighted by Crippen LogP contribution is 2.71. The first kappa shape index (κ1) is 87.3. The average molecular weight is 1400 g/mol.